The minimum absolute atomic E-state index is 0.179. The first-order valence-electron chi connectivity index (χ1n) is 10.2. The first kappa shape index (κ1) is 22.8. The molecule has 0 unspecified atom stereocenters. The molecule has 4 rings (SSSR count). The second kappa shape index (κ2) is 8.84. The molecule has 1 aromatic heterocycles. The van der Waals surface area contributed by atoms with E-state index in [4.69, 9.17) is 4.98 Å². The van der Waals surface area contributed by atoms with Gasteiger partial charge in [-0.25, -0.2) is 13.4 Å². The Balaban J connectivity index is 1.45. The fourth-order valence-corrected chi connectivity index (χ4v) is 5.91. The number of anilines is 1. The number of piperazine rings is 1. The molecule has 0 bridgehead atoms. The highest BCUT2D eigenvalue weighted by molar-refractivity contribution is 7.89. The van der Waals surface area contributed by atoms with Crippen LogP contribution in [0.25, 0.3) is 11.3 Å². The second-order valence-corrected chi connectivity index (χ2v) is 10.3. The number of sulfonamides is 1. The molecule has 3 aromatic rings. The summed E-state index contributed by atoms with van der Waals surface area (Å²) >= 11 is 1.49. The quantitative estimate of drug-likeness (QED) is 0.520. The SMILES string of the molecule is CCc1ccc(-c2csc(N3CCN(S(=O)(=O)c4cccc(C(F)(F)F)c4)CC3)n2)cc1. The van der Waals surface area contributed by atoms with Crippen LogP contribution in [0, 0.1) is 0 Å². The number of aromatic nitrogens is 1. The van der Waals surface area contributed by atoms with Gasteiger partial charge in [-0.3, -0.25) is 0 Å². The van der Waals surface area contributed by atoms with Crippen molar-refractivity contribution in [3.63, 3.8) is 0 Å². The number of rotatable bonds is 5. The van der Waals surface area contributed by atoms with E-state index >= 15 is 0 Å². The number of hydrogen-bond acceptors (Lipinski definition) is 5. The summed E-state index contributed by atoms with van der Waals surface area (Å²) in [6, 6.07) is 12.1. The number of halogens is 3. The van der Waals surface area contributed by atoms with E-state index in [1.807, 2.05) is 22.4 Å². The number of nitrogens with zero attached hydrogens (tertiary/aromatic N) is 3. The number of hydrogen-bond donors (Lipinski definition) is 0. The molecule has 1 saturated heterocycles. The molecule has 1 aliphatic heterocycles. The first-order chi connectivity index (χ1) is 15.2. The Hall–Kier alpha value is -2.43. The van der Waals surface area contributed by atoms with Crippen molar-refractivity contribution in [1.29, 1.82) is 0 Å². The summed E-state index contributed by atoms with van der Waals surface area (Å²) < 4.78 is 65.9. The van der Waals surface area contributed by atoms with E-state index in [-0.39, 0.29) is 18.0 Å². The average molecular weight is 482 g/mol. The van der Waals surface area contributed by atoms with E-state index in [1.54, 1.807) is 0 Å². The van der Waals surface area contributed by atoms with E-state index in [9.17, 15) is 21.6 Å². The molecule has 170 valence electrons. The van der Waals surface area contributed by atoms with Crippen molar-refractivity contribution < 1.29 is 21.6 Å². The topological polar surface area (TPSA) is 53.5 Å². The predicted molar refractivity (Wildman–Crippen MR) is 119 cm³/mol. The van der Waals surface area contributed by atoms with Gasteiger partial charge in [-0.05, 0) is 30.2 Å². The molecule has 32 heavy (non-hydrogen) atoms. The molecule has 0 radical (unpaired) electrons. The minimum Gasteiger partial charge on any atom is -0.345 e. The minimum atomic E-state index is -4.59. The third-order valence-corrected chi connectivity index (χ3v) is 8.25. The van der Waals surface area contributed by atoms with E-state index in [0.29, 0.717) is 19.2 Å². The molecule has 1 aliphatic rings. The summed E-state index contributed by atoms with van der Waals surface area (Å²) in [5.41, 5.74) is 2.17. The van der Waals surface area contributed by atoms with Gasteiger partial charge in [0.15, 0.2) is 5.13 Å². The Morgan fingerprint density at radius 2 is 1.72 bits per heavy atom. The fourth-order valence-electron chi connectivity index (χ4n) is 3.56. The van der Waals surface area contributed by atoms with E-state index in [2.05, 4.69) is 19.1 Å². The van der Waals surface area contributed by atoms with Gasteiger partial charge in [0, 0.05) is 37.1 Å². The molecular formula is C22H22F3N3O2S2. The van der Waals surface area contributed by atoms with Gasteiger partial charge in [-0.1, -0.05) is 37.3 Å². The predicted octanol–water partition coefficient (Wildman–Crippen LogP) is 4.90. The molecule has 0 spiro atoms. The number of alkyl halides is 3. The van der Waals surface area contributed by atoms with Gasteiger partial charge < -0.3 is 4.90 Å². The Morgan fingerprint density at radius 3 is 2.34 bits per heavy atom. The second-order valence-electron chi connectivity index (χ2n) is 7.48. The van der Waals surface area contributed by atoms with E-state index in [0.717, 1.165) is 34.9 Å². The molecule has 0 aliphatic carbocycles. The average Bonchev–Trinajstić information content (AvgIpc) is 3.29. The highest BCUT2D eigenvalue weighted by Crippen LogP contribution is 2.32. The van der Waals surface area contributed by atoms with Crippen molar-refractivity contribution in [3.05, 3.63) is 65.0 Å². The summed E-state index contributed by atoms with van der Waals surface area (Å²) in [6.07, 6.45) is -3.63. The molecule has 0 saturated carbocycles. The van der Waals surface area contributed by atoms with Crippen LogP contribution in [0.2, 0.25) is 0 Å². The van der Waals surface area contributed by atoms with Gasteiger partial charge in [-0.2, -0.15) is 17.5 Å². The van der Waals surface area contributed by atoms with Crippen LogP contribution >= 0.6 is 11.3 Å². The molecular weight excluding hydrogens is 459 g/mol. The van der Waals surface area contributed by atoms with Crippen molar-refractivity contribution in [2.24, 2.45) is 0 Å². The Kier molecular flexibility index (Phi) is 6.28. The van der Waals surface area contributed by atoms with Crippen molar-refractivity contribution in [1.82, 2.24) is 9.29 Å². The van der Waals surface area contributed by atoms with Crippen LogP contribution in [0.4, 0.5) is 18.3 Å². The van der Waals surface area contributed by atoms with Crippen LogP contribution in [0.3, 0.4) is 0 Å². The van der Waals surface area contributed by atoms with Gasteiger partial charge in [0.25, 0.3) is 0 Å². The Labute approximate surface area is 189 Å². The lowest BCUT2D eigenvalue weighted by molar-refractivity contribution is -0.137. The van der Waals surface area contributed by atoms with Gasteiger partial charge in [0.2, 0.25) is 10.0 Å². The molecule has 0 atom stereocenters. The fraction of sp³-hybridized carbons (Fsp3) is 0.318. The van der Waals surface area contributed by atoms with Crippen LogP contribution in [0.1, 0.15) is 18.1 Å². The van der Waals surface area contributed by atoms with Crippen LogP contribution in [-0.4, -0.2) is 43.9 Å². The smallest absolute Gasteiger partial charge is 0.345 e. The molecule has 0 N–H and O–H groups in total. The lowest BCUT2D eigenvalue weighted by Gasteiger charge is -2.33. The van der Waals surface area contributed by atoms with Crippen molar-refractivity contribution in [3.8, 4) is 11.3 Å². The number of aryl methyl sites for hydroxylation is 1. The van der Waals surface area contributed by atoms with Gasteiger partial charge in [-0.15, -0.1) is 11.3 Å². The molecule has 10 heteroatoms. The zero-order valence-corrected chi connectivity index (χ0v) is 19.0. The van der Waals surface area contributed by atoms with Crippen LogP contribution in [0.15, 0.2) is 58.8 Å². The van der Waals surface area contributed by atoms with Crippen molar-refractivity contribution >= 4 is 26.5 Å². The monoisotopic (exact) mass is 481 g/mol. The molecule has 0 amide bonds. The number of thiazole rings is 1. The summed E-state index contributed by atoms with van der Waals surface area (Å²) in [5, 5.41) is 2.78. The summed E-state index contributed by atoms with van der Waals surface area (Å²) in [4.78, 5) is 6.36. The van der Waals surface area contributed by atoms with E-state index < -0.39 is 21.8 Å². The lowest BCUT2D eigenvalue weighted by Crippen LogP contribution is -2.48. The highest BCUT2D eigenvalue weighted by atomic mass is 32.2. The zero-order chi connectivity index (χ0) is 22.9. The van der Waals surface area contributed by atoms with E-state index in [1.165, 1.54) is 27.3 Å². The third-order valence-electron chi connectivity index (χ3n) is 5.46. The highest BCUT2D eigenvalue weighted by Gasteiger charge is 2.34. The first-order valence-corrected chi connectivity index (χ1v) is 12.5. The van der Waals surface area contributed by atoms with Crippen molar-refractivity contribution in [2.75, 3.05) is 31.1 Å². The Bertz CT molecular complexity index is 1180. The van der Waals surface area contributed by atoms with Gasteiger partial charge in [0.1, 0.15) is 0 Å². The lowest BCUT2D eigenvalue weighted by atomic mass is 10.1. The maximum atomic E-state index is 13.0. The zero-order valence-electron chi connectivity index (χ0n) is 17.3. The molecule has 5 nitrogen and oxygen atoms in total. The van der Waals surface area contributed by atoms with Crippen LogP contribution in [0.5, 0.6) is 0 Å². The molecule has 2 heterocycles. The maximum absolute atomic E-state index is 13.0. The molecule has 1 fully saturated rings. The molecule has 2 aromatic carbocycles. The van der Waals surface area contributed by atoms with Gasteiger partial charge >= 0.3 is 6.18 Å². The normalized spacial score (nSPS) is 15.8. The standard InChI is InChI=1S/C22H22F3N3O2S2/c1-2-16-6-8-17(9-7-16)20-15-31-21(26-20)27-10-12-28(13-11-27)32(29,30)19-5-3-4-18(14-19)22(23,24)25/h3-9,14-15H,2,10-13H2,1H3. The van der Waals surface area contributed by atoms with Crippen LogP contribution in [-0.2, 0) is 22.6 Å². The number of benzene rings is 2. The van der Waals surface area contributed by atoms with Crippen LogP contribution < -0.4 is 4.90 Å². The van der Waals surface area contributed by atoms with Crippen molar-refractivity contribution in [2.45, 2.75) is 24.4 Å². The third kappa shape index (κ3) is 4.67. The largest absolute Gasteiger partial charge is 0.416 e. The van der Waals surface area contributed by atoms with Gasteiger partial charge in [0.05, 0.1) is 16.2 Å². The maximum Gasteiger partial charge on any atom is 0.416 e. The summed E-state index contributed by atoms with van der Waals surface area (Å²) in [6.45, 7) is 3.29. The summed E-state index contributed by atoms with van der Waals surface area (Å²) in [5.74, 6) is 0. The summed E-state index contributed by atoms with van der Waals surface area (Å²) in [7, 11) is -4.01. The Morgan fingerprint density at radius 1 is 1.03 bits per heavy atom.